The molecule has 0 atom stereocenters. The maximum Gasteiger partial charge on any atom is 0.312 e. The predicted molar refractivity (Wildman–Crippen MR) is 89.2 cm³/mol. The fourth-order valence-electron chi connectivity index (χ4n) is 2.30. The van der Waals surface area contributed by atoms with Gasteiger partial charge in [-0.15, -0.1) is 0 Å². The third-order valence-electron chi connectivity index (χ3n) is 3.40. The van der Waals surface area contributed by atoms with E-state index in [1.165, 1.54) is 31.4 Å². The summed E-state index contributed by atoms with van der Waals surface area (Å²) in [5, 5.41) is 11.1. The second-order valence-electron chi connectivity index (χ2n) is 5.11. The van der Waals surface area contributed by atoms with Gasteiger partial charge in [-0.05, 0) is 30.3 Å². The molecule has 10 heteroatoms. The Morgan fingerprint density at radius 1 is 1.24 bits per heavy atom. The second kappa shape index (κ2) is 6.06. The Morgan fingerprint density at radius 2 is 2.00 bits per heavy atom. The Hall–Kier alpha value is -3.14. The van der Waals surface area contributed by atoms with Gasteiger partial charge in [0, 0.05) is 13.0 Å². The molecule has 25 heavy (non-hydrogen) atoms. The lowest BCUT2D eigenvalue weighted by molar-refractivity contribution is -0.386. The zero-order valence-corrected chi connectivity index (χ0v) is 14.0. The number of benzene rings is 2. The third-order valence-corrected chi connectivity index (χ3v) is 4.78. The van der Waals surface area contributed by atoms with Crippen molar-refractivity contribution in [2.75, 3.05) is 11.8 Å². The van der Waals surface area contributed by atoms with Gasteiger partial charge in [-0.2, -0.15) is 0 Å². The van der Waals surface area contributed by atoms with Crippen molar-refractivity contribution in [2.24, 2.45) is 0 Å². The molecule has 0 bridgehead atoms. The normalized spacial score (nSPS) is 11.4. The number of aromatic nitrogens is 1. The molecule has 9 nitrogen and oxygen atoms in total. The summed E-state index contributed by atoms with van der Waals surface area (Å²) in [5.41, 5.74) is 0.853. The third kappa shape index (κ3) is 3.24. The van der Waals surface area contributed by atoms with Crippen molar-refractivity contribution in [3.05, 3.63) is 52.4 Å². The summed E-state index contributed by atoms with van der Waals surface area (Å²) >= 11 is 0. The number of nitrogens with one attached hydrogen (secondary N) is 1. The molecule has 0 amide bonds. The first kappa shape index (κ1) is 16.7. The Labute approximate surface area is 142 Å². The van der Waals surface area contributed by atoms with E-state index in [0.717, 1.165) is 6.07 Å². The van der Waals surface area contributed by atoms with E-state index in [1.54, 1.807) is 13.0 Å². The van der Waals surface area contributed by atoms with Crippen LogP contribution in [0.5, 0.6) is 5.75 Å². The maximum atomic E-state index is 12.5. The molecular formula is C15H13N3O6S. The molecule has 3 rings (SSSR count). The molecule has 0 aliphatic rings. The summed E-state index contributed by atoms with van der Waals surface area (Å²) in [4.78, 5) is 14.2. The highest BCUT2D eigenvalue weighted by Crippen LogP contribution is 2.30. The summed E-state index contributed by atoms with van der Waals surface area (Å²) in [6.07, 6.45) is 0. The minimum absolute atomic E-state index is 0.0246. The van der Waals surface area contributed by atoms with Crippen LogP contribution in [-0.4, -0.2) is 25.4 Å². The van der Waals surface area contributed by atoms with Crippen molar-refractivity contribution in [2.45, 2.75) is 11.8 Å². The van der Waals surface area contributed by atoms with E-state index < -0.39 is 20.6 Å². The van der Waals surface area contributed by atoms with Crippen LogP contribution in [0, 0.1) is 17.0 Å². The van der Waals surface area contributed by atoms with Crippen LogP contribution in [0.15, 0.2) is 45.7 Å². The van der Waals surface area contributed by atoms with Crippen LogP contribution in [0.4, 0.5) is 11.4 Å². The number of nitro groups is 1. The van der Waals surface area contributed by atoms with Gasteiger partial charge in [0.15, 0.2) is 17.2 Å². The van der Waals surface area contributed by atoms with Crippen LogP contribution in [0.1, 0.15) is 5.89 Å². The lowest BCUT2D eigenvalue weighted by atomic mass is 10.3. The molecule has 1 heterocycles. The SMILES string of the molecule is COc1ccc(S(=O)(=O)Nc2ccc3oc(C)nc3c2)cc1[N+](=O)[O-]. The highest BCUT2D eigenvalue weighted by molar-refractivity contribution is 7.92. The highest BCUT2D eigenvalue weighted by atomic mass is 32.2. The van der Waals surface area contributed by atoms with E-state index in [4.69, 9.17) is 9.15 Å². The van der Waals surface area contributed by atoms with Gasteiger partial charge in [0.25, 0.3) is 10.0 Å². The van der Waals surface area contributed by atoms with E-state index >= 15 is 0 Å². The fraction of sp³-hybridized carbons (Fsp3) is 0.133. The van der Waals surface area contributed by atoms with Gasteiger partial charge < -0.3 is 9.15 Å². The van der Waals surface area contributed by atoms with E-state index in [1.807, 2.05) is 0 Å². The summed E-state index contributed by atoms with van der Waals surface area (Å²) < 4.78 is 37.6. The molecule has 1 N–H and O–H groups in total. The molecule has 0 saturated heterocycles. The van der Waals surface area contributed by atoms with Gasteiger partial charge >= 0.3 is 5.69 Å². The lowest BCUT2D eigenvalue weighted by Crippen LogP contribution is -2.13. The zero-order valence-electron chi connectivity index (χ0n) is 13.2. The molecule has 3 aromatic rings. The summed E-state index contributed by atoms with van der Waals surface area (Å²) in [6.45, 7) is 1.68. The van der Waals surface area contributed by atoms with Crippen molar-refractivity contribution < 1.29 is 22.5 Å². The zero-order chi connectivity index (χ0) is 18.2. The number of hydrogen-bond donors (Lipinski definition) is 1. The van der Waals surface area contributed by atoms with Gasteiger partial charge in [-0.3, -0.25) is 14.8 Å². The van der Waals surface area contributed by atoms with Crippen molar-refractivity contribution >= 4 is 32.5 Å². The predicted octanol–water partition coefficient (Wildman–Crippen LogP) is 2.85. The number of nitro benzene ring substituents is 1. The van der Waals surface area contributed by atoms with E-state index in [-0.39, 0.29) is 16.3 Å². The number of oxazole rings is 1. The van der Waals surface area contributed by atoms with E-state index in [0.29, 0.717) is 17.0 Å². The molecule has 130 valence electrons. The van der Waals surface area contributed by atoms with Gasteiger partial charge in [0.2, 0.25) is 0 Å². The van der Waals surface area contributed by atoms with Crippen LogP contribution < -0.4 is 9.46 Å². The Morgan fingerprint density at radius 3 is 2.68 bits per heavy atom. The van der Waals surface area contributed by atoms with Crippen LogP contribution in [0.2, 0.25) is 0 Å². The molecule has 0 radical (unpaired) electrons. The number of ether oxygens (including phenoxy) is 1. The number of sulfonamides is 1. The van der Waals surface area contributed by atoms with Gasteiger partial charge in [0.05, 0.1) is 22.6 Å². The molecule has 0 saturated carbocycles. The van der Waals surface area contributed by atoms with Gasteiger partial charge in [-0.1, -0.05) is 0 Å². The van der Waals surface area contributed by atoms with E-state index in [9.17, 15) is 18.5 Å². The monoisotopic (exact) mass is 363 g/mol. The highest BCUT2D eigenvalue weighted by Gasteiger charge is 2.22. The lowest BCUT2D eigenvalue weighted by Gasteiger charge is -2.09. The number of nitrogens with zero attached hydrogens (tertiary/aromatic N) is 2. The standard InChI is InChI=1S/C15H13N3O6S/c1-9-16-12-7-10(3-5-14(12)24-9)17-25(21,22)11-4-6-15(23-2)13(8-11)18(19)20/h3-8,17H,1-2H3. The number of methoxy groups -OCH3 is 1. The average Bonchev–Trinajstić information content (AvgIpc) is 2.93. The summed E-state index contributed by atoms with van der Waals surface area (Å²) in [6, 6.07) is 8.02. The number of aryl methyl sites for hydroxylation is 1. The van der Waals surface area contributed by atoms with Crippen LogP contribution in [0.3, 0.4) is 0 Å². The van der Waals surface area contributed by atoms with Crippen LogP contribution >= 0.6 is 0 Å². The van der Waals surface area contributed by atoms with E-state index in [2.05, 4.69) is 9.71 Å². The molecule has 0 aliphatic heterocycles. The largest absolute Gasteiger partial charge is 0.490 e. The molecule has 0 fully saturated rings. The van der Waals surface area contributed by atoms with Crippen molar-refractivity contribution in [1.82, 2.24) is 4.98 Å². The van der Waals surface area contributed by atoms with Crippen molar-refractivity contribution in [3.8, 4) is 5.75 Å². The van der Waals surface area contributed by atoms with Crippen LogP contribution in [0.25, 0.3) is 11.1 Å². The maximum absolute atomic E-state index is 12.5. The van der Waals surface area contributed by atoms with Gasteiger partial charge in [-0.25, -0.2) is 13.4 Å². The average molecular weight is 363 g/mol. The summed E-state index contributed by atoms with van der Waals surface area (Å²) in [5.74, 6) is 0.434. The van der Waals surface area contributed by atoms with Crippen molar-refractivity contribution in [3.63, 3.8) is 0 Å². The quantitative estimate of drug-likeness (QED) is 0.546. The first-order valence-corrected chi connectivity index (χ1v) is 8.51. The molecule has 0 aliphatic carbocycles. The first-order chi connectivity index (χ1) is 11.8. The molecular weight excluding hydrogens is 350 g/mol. The Balaban J connectivity index is 1.97. The Kier molecular flexibility index (Phi) is 4.05. The minimum Gasteiger partial charge on any atom is -0.490 e. The fourth-order valence-corrected chi connectivity index (χ4v) is 3.37. The number of fused-ring (bicyclic) bond motifs is 1. The van der Waals surface area contributed by atoms with Gasteiger partial charge in [0.1, 0.15) is 5.52 Å². The molecule has 2 aromatic carbocycles. The molecule has 1 aromatic heterocycles. The number of anilines is 1. The number of hydrogen-bond acceptors (Lipinski definition) is 7. The second-order valence-corrected chi connectivity index (χ2v) is 6.79. The smallest absolute Gasteiger partial charge is 0.312 e. The molecule has 0 unspecified atom stereocenters. The minimum atomic E-state index is -4.02. The first-order valence-electron chi connectivity index (χ1n) is 7.02. The van der Waals surface area contributed by atoms with Crippen molar-refractivity contribution in [1.29, 1.82) is 0 Å². The number of rotatable bonds is 5. The Bertz CT molecular complexity index is 1070. The van der Waals surface area contributed by atoms with Crippen LogP contribution in [-0.2, 0) is 10.0 Å². The topological polar surface area (TPSA) is 125 Å². The summed E-state index contributed by atoms with van der Waals surface area (Å²) in [7, 11) is -2.76. The molecule has 0 spiro atoms.